The maximum Gasteiger partial charge on any atom is 0.338 e. The largest absolute Gasteiger partial charge is 0.487 e. The van der Waals surface area contributed by atoms with Gasteiger partial charge in [-0.25, -0.2) is 4.79 Å². The van der Waals surface area contributed by atoms with Gasteiger partial charge in [-0.15, -0.1) is 0 Å². The third kappa shape index (κ3) is 5.09. The van der Waals surface area contributed by atoms with Crippen LogP contribution in [0.3, 0.4) is 0 Å². The van der Waals surface area contributed by atoms with Crippen molar-refractivity contribution < 1.29 is 14.3 Å². The molecule has 0 radical (unpaired) electrons. The second kappa shape index (κ2) is 10.3. The van der Waals surface area contributed by atoms with E-state index in [9.17, 15) is 4.79 Å². The Kier molecular flexibility index (Phi) is 6.57. The maximum absolute atomic E-state index is 12.5. The number of esters is 1. The zero-order valence-electron chi connectivity index (χ0n) is 19.5. The SMILES string of the molecule is COC(=O)c1cccc(N2CC(Oc3ccc(/C=C/c4cccnc4)cc3)C2)c1-c1ccccc1. The minimum atomic E-state index is -0.336. The number of aromatic nitrogens is 1. The summed E-state index contributed by atoms with van der Waals surface area (Å²) in [6.45, 7) is 1.49. The van der Waals surface area contributed by atoms with Crippen molar-refractivity contribution in [1.29, 1.82) is 0 Å². The second-order valence-corrected chi connectivity index (χ2v) is 8.39. The Morgan fingerprint density at radius 3 is 2.37 bits per heavy atom. The molecule has 5 rings (SSSR count). The molecule has 0 atom stereocenters. The van der Waals surface area contributed by atoms with Gasteiger partial charge in [0.15, 0.2) is 0 Å². The summed E-state index contributed by atoms with van der Waals surface area (Å²) < 4.78 is 11.2. The van der Waals surface area contributed by atoms with Crippen molar-refractivity contribution >= 4 is 23.8 Å². The van der Waals surface area contributed by atoms with Gasteiger partial charge < -0.3 is 14.4 Å². The summed E-state index contributed by atoms with van der Waals surface area (Å²) in [7, 11) is 1.41. The van der Waals surface area contributed by atoms with E-state index in [0.717, 1.165) is 46.8 Å². The molecule has 4 aromatic rings. The van der Waals surface area contributed by atoms with E-state index in [0.29, 0.717) is 5.56 Å². The van der Waals surface area contributed by atoms with Crippen molar-refractivity contribution in [2.45, 2.75) is 6.10 Å². The van der Waals surface area contributed by atoms with Gasteiger partial charge in [-0.2, -0.15) is 0 Å². The Morgan fingerprint density at radius 1 is 0.886 bits per heavy atom. The fourth-order valence-electron chi connectivity index (χ4n) is 4.22. The molecule has 0 aliphatic carbocycles. The number of pyridine rings is 1. The third-order valence-electron chi connectivity index (χ3n) is 6.03. The van der Waals surface area contributed by atoms with E-state index in [2.05, 4.69) is 16.0 Å². The molecule has 174 valence electrons. The van der Waals surface area contributed by atoms with E-state index < -0.39 is 0 Å². The quantitative estimate of drug-likeness (QED) is 0.317. The second-order valence-electron chi connectivity index (χ2n) is 8.39. The molecule has 1 fully saturated rings. The Balaban J connectivity index is 1.26. The van der Waals surface area contributed by atoms with Crippen molar-refractivity contribution in [3.05, 3.63) is 114 Å². The Bertz CT molecular complexity index is 1310. The molecule has 0 amide bonds. The standard InChI is InChI=1S/C30H26N2O3/c1-34-30(33)27-10-5-11-28(29(27)24-8-3-2-4-9-24)32-20-26(21-32)35-25-16-14-22(15-17-25)12-13-23-7-6-18-31-19-23/h2-19,26H,20-21H2,1H3/b13-12+. The molecular weight excluding hydrogens is 436 g/mol. The Labute approximate surface area is 205 Å². The number of hydrogen-bond donors (Lipinski definition) is 0. The molecule has 5 nitrogen and oxygen atoms in total. The highest BCUT2D eigenvalue weighted by atomic mass is 16.5. The van der Waals surface area contributed by atoms with Crippen LogP contribution < -0.4 is 9.64 Å². The molecule has 1 aliphatic rings. The average Bonchev–Trinajstić information content (AvgIpc) is 2.90. The number of ether oxygens (including phenoxy) is 2. The lowest BCUT2D eigenvalue weighted by atomic mass is 9.95. The molecule has 0 bridgehead atoms. The van der Waals surface area contributed by atoms with Crippen LogP contribution in [0.15, 0.2) is 97.3 Å². The first-order chi connectivity index (χ1) is 17.2. The predicted octanol–water partition coefficient (Wildman–Crippen LogP) is 5.97. The number of nitrogens with zero attached hydrogens (tertiary/aromatic N) is 2. The van der Waals surface area contributed by atoms with E-state index >= 15 is 0 Å². The highest BCUT2D eigenvalue weighted by Crippen LogP contribution is 2.37. The normalized spacial score (nSPS) is 13.5. The molecule has 2 heterocycles. The maximum atomic E-state index is 12.5. The predicted molar refractivity (Wildman–Crippen MR) is 139 cm³/mol. The lowest BCUT2D eigenvalue weighted by molar-refractivity contribution is 0.0601. The van der Waals surface area contributed by atoms with Crippen LogP contribution in [0.2, 0.25) is 0 Å². The monoisotopic (exact) mass is 462 g/mol. The summed E-state index contributed by atoms with van der Waals surface area (Å²) in [6, 6.07) is 27.8. The highest BCUT2D eigenvalue weighted by Gasteiger charge is 2.31. The van der Waals surface area contributed by atoms with Crippen LogP contribution in [0.5, 0.6) is 5.75 Å². The minimum Gasteiger partial charge on any atom is -0.487 e. The summed E-state index contributed by atoms with van der Waals surface area (Å²) >= 11 is 0. The van der Waals surface area contributed by atoms with Crippen LogP contribution >= 0.6 is 0 Å². The molecule has 1 aromatic heterocycles. The molecule has 0 N–H and O–H groups in total. The number of methoxy groups -OCH3 is 1. The number of carbonyl (C=O) groups is 1. The molecule has 0 saturated carbocycles. The van der Waals surface area contributed by atoms with Crippen molar-refractivity contribution in [2.24, 2.45) is 0 Å². The lowest BCUT2D eigenvalue weighted by Crippen LogP contribution is -2.54. The van der Waals surface area contributed by atoms with Gasteiger partial charge in [-0.05, 0) is 47.0 Å². The third-order valence-corrected chi connectivity index (χ3v) is 6.03. The summed E-state index contributed by atoms with van der Waals surface area (Å²) in [4.78, 5) is 18.8. The van der Waals surface area contributed by atoms with E-state index in [1.807, 2.05) is 97.2 Å². The summed E-state index contributed by atoms with van der Waals surface area (Å²) in [5.41, 5.74) is 5.62. The van der Waals surface area contributed by atoms with Gasteiger partial charge in [0.05, 0.1) is 25.8 Å². The van der Waals surface area contributed by atoms with Gasteiger partial charge in [-0.3, -0.25) is 4.98 Å². The fraction of sp³-hybridized carbons (Fsp3) is 0.133. The number of anilines is 1. The Morgan fingerprint density at radius 2 is 1.66 bits per heavy atom. The van der Waals surface area contributed by atoms with Gasteiger partial charge >= 0.3 is 5.97 Å². The zero-order valence-corrected chi connectivity index (χ0v) is 19.5. The van der Waals surface area contributed by atoms with Crippen LogP contribution in [0.1, 0.15) is 21.5 Å². The van der Waals surface area contributed by atoms with E-state index in [1.54, 1.807) is 6.20 Å². The van der Waals surface area contributed by atoms with Gasteiger partial charge in [-0.1, -0.05) is 66.7 Å². The van der Waals surface area contributed by atoms with Gasteiger partial charge in [0, 0.05) is 23.6 Å². The molecule has 35 heavy (non-hydrogen) atoms. The minimum absolute atomic E-state index is 0.0807. The lowest BCUT2D eigenvalue weighted by Gasteiger charge is -2.41. The molecule has 5 heteroatoms. The smallest absolute Gasteiger partial charge is 0.338 e. The van der Waals surface area contributed by atoms with Crippen molar-refractivity contribution in [2.75, 3.05) is 25.1 Å². The van der Waals surface area contributed by atoms with Crippen LogP contribution in [0, 0.1) is 0 Å². The van der Waals surface area contributed by atoms with E-state index in [4.69, 9.17) is 9.47 Å². The van der Waals surface area contributed by atoms with Crippen LogP contribution in [-0.2, 0) is 4.74 Å². The molecule has 1 aliphatic heterocycles. The first-order valence-electron chi connectivity index (χ1n) is 11.6. The zero-order chi connectivity index (χ0) is 24.0. The average molecular weight is 463 g/mol. The Hall–Kier alpha value is -4.38. The molecule has 3 aromatic carbocycles. The van der Waals surface area contributed by atoms with E-state index in [-0.39, 0.29) is 12.1 Å². The number of hydrogen-bond acceptors (Lipinski definition) is 5. The van der Waals surface area contributed by atoms with E-state index in [1.165, 1.54) is 7.11 Å². The summed E-state index contributed by atoms with van der Waals surface area (Å²) in [6.07, 6.45) is 7.78. The molecular formula is C30H26N2O3. The van der Waals surface area contributed by atoms with Crippen molar-refractivity contribution in [3.8, 4) is 16.9 Å². The fourth-order valence-corrected chi connectivity index (χ4v) is 4.22. The van der Waals surface area contributed by atoms with Crippen LogP contribution in [0.25, 0.3) is 23.3 Å². The summed E-state index contributed by atoms with van der Waals surface area (Å²) in [5, 5.41) is 0. The van der Waals surface area contributed by atoms with Crippen LogP contribution in [0.4, 0.5) is 5.69 Å². The van der Waals surface area contributed by atoms with Crippen molar-refractivity contribution in [3.63, 3.8) is 0 Å². The summed E-state index contributed by atoms with van der Waals surface area (Å²) in [5.74, 6) is 0.511. The highest BCUT2D eigenvalue weighted by molar-refractivity contribution is 6.01. The molecule has 0 unspecified atom stereocenters. The first-order valence-corrected chi connectivity index (χ1v) is 11.6. The number of rotatable bonds is 7. The molecule has 1 saturated heterocycles. The van der Waals surface area contributed by atoms with Gasteiger partial charge in [0.25, 0.3) is 0 Å². The van der Waals surface area contributed by atoms with Gasteiger partial charge in [0.1, 0.15) is 11.9 Å². The molecule has 0 spiro atoms. The first kappa shape index (κ1) is 22.4. The number of benzene rings is 3. The van der Waals surface area contributed by atoms with Crippen LogP contribution in [-0.4, -0.2) is 37.3 Å². The van der Waals surface area contributed by atoms with Crippen molar-refractivity contribution in [1.82, 2.24) is 4.98 Å². The topological polar surface area (TPSA) is 51.7 Å². The van der Waals surface area contributed by atoms with Gasteiger partial charge in [0.2, 0.25) is 0 Å². The number of carbonyl (C=O) groups excluding carboxylic acids is 1.